The quantitative estimate of drug-likeness (QED) is 0.382. The molecule has 0 spiro atoms. The van der Waals surface area contributed by atoms with E-state index in [-0.39, 0.29) is 6.17 Å². The number of rotatable bonds is 5. The standard InChI is InChI=1S/C28H36GeN2/c1-19(2)23-17-22(29(5,6)7)18-24(20(3)4)27(23)31-26-16-12-11-15-25(26)30-28(31)21-13-9-8-10-14-21/h8-20,28,30H,1-7H3. The number of hydrogen-bond donors (Lipinski definition) is 1. The third-order valence-corrected chi connectivity index (χ3v) is 10.6. The molecule has 1 atom stereocenters. The molecule has 0 aliphatic carbocycles. The van der Waals surface area contributed by atoms with Crippen LogP contribution in [0.25, 0.3) is 0 Å². The van der Waals surface area contributed by atoms with Crippen molar-refractivity contribution in [1.29, 1.82) is 0 Å². The Morgan fingerprint density at radius 3 is 1.87 bits per heavy atom. The molecular weight excluding hydrogens is 437 g/mol. The summed E-state index contributed by atoms with van der Waals surface area (Å²) in [7, 11) is 0. The van der Waals surface area contributed by atoms with E-state index in [0.717, 1.165) is 0 Å². The molecular formula is C28H36GeN2. The molecule has 1 aliphatic rings. The topological polar surface area (TPSA) is 15.3 Å². The first-order chi connectivity index (χ1) is 14.7. The summed E-state index contributed by atoms with van der Waals surface area (Å²) in [6.07, 6.45) is 0.0932. The molecule has 4 rings (SSSR count). The van der Waals surface area contributed by atoms with Crippen LogP contribution in [0.1, 0.15) is 62.4 Å². The van der Waals surface area contributed by atoms with Gasteiger partial charge in [0.25, 0.3) is 0 Å². The number of nitrogens with one attached hydrogen (secondary N) is 1. The summed E-state index contributed by atoms with van der Waals surface area (Å²) in [4.78, 5) is 2.56. The van der Waals surface area contributed by atoms with Gasteiger partial charge in [-0.25, -0.2) is 0 Å². The Bertz CT molecular complexity index is 1030. The van der Waals surface area contributed by atoms with Crippen molar-refractivity contribution in [1.82, 2.24) is 0 Å². The molecule has 162 valence electrons. The first-order valence-corrected chi connectivity index (χ1v) is 18.9. The van der Waals surface area contributed by atoms with E-state index in [0.29, 0.717) is 11.8 Å². The van der Waals surface area contributed by atoms with Crippen LogP contribution in [0.2, 0.25) is 17.3 Å². The molecule has 1 unspecified atom stereocenters. The minimum absolute atomic E-state index is 0.0932. The van der Waals surface area contributed by atoms with Crippen molar-refractivity contribution >= 4 is 34.7 Å². The van der Waals surface area contributed by atoms with Crippen molar-refractivity contribution in [2.75, 3.05) is 10.2 Å². The van der Waals surface area contributed by atoms with Crippen LogP contribution < -0.4 is 14.6 Å². The Hall–Kier alpha value is -2.20. The van der Waals surface area contributed by atoms with E-state index in [2.05, 4.69) is 122 Å². The van der Waals surface area contributed by atoms with Crippen LogP contribution in [-0.4, -0.2) is 13.3 Å². The van der Waals surface area contributed by atoms with Gasteiger partial charge in [-0.1, -0.05) is 0 Å². The molecule has 3 aromatic carbocycles. The summed E-state index contributed by atoms with van der Waals surface area (Å²) in [5, 5.41) is 3.81. The molecule has 0 bridgehead atoms. The van der Waals surface area contributed by atoms with Crippen LogP contribution in [0.15, 0.2) is 66.7 Å². The maximum absolute atomic E-state index is 3.81. The Balaban J connectivity index is 2.01. The van der Waals surface area contributed by atoms with Gasteiger partial charge in [0.15, 0.2) is 0 Å². The molecule has 0 amide bonds. The Morgan fingerprint density at radius 2 is 1.32 bits per heavy atom. The van der Waals surface area contributed by atoms with Crippen molar-refractivity contribution in [3.8, 4) is 0 Å². The number of benzene rings is 3. The van der Waals surface area contributed by atoms with E-state index in [4.69, 9.17) is 0 Å². The van der Waals surface area contributed by atoms with Gasteiger partial charge in [-0.15, -0.1) is 0 Å². The number of hydrogen-bond acceptors (Lipinski definition) is 2. The van der Waals surface area contributed by atoms with E-state index < -0.39 is 13.3 Å². The average molecular weight is 473 g/mol. The van der Waals surface area contributed by atoms with Gasteiger partial charge in [-0.3, -0.25) is 0 Å². The number of anilines is 3. The molecule has 0 radical (unpaired) electrons. The van der Waals surface area contributed by atoms with E-state index >= 15 is 0 Å². The average Bonchev–Trinajstić information content (AvgIpc) is 3.12. The maximum atomic E-state index is 3.81. The molecule has 31 heavy (non-hydrogen) atoms. The minimum atomic E-state index is -1.98. The molecule has 3 aromatic rings. The first kappa shape index (κ1) is 22.0. The monoisotopic (exact) mass is 474 g/mol. The van der Waals surface area contributed by atoms with Gasteiger partial charge in [-0.05, 0) is 0 Å². The summed E-state index contributed by atoms with van der Waals surface area (Å²) in [6, 6.07) is 24.7. The summed E-state index contributed by atoms with van der Waals surface area (Å²) < 4.78 is 1.60. The van der Waals surface area contributed by atoms with Gasteiger partial charge in [0.1, 0.15) is 0 Å². The van der Waals surface area contributed by atoms with Crippen LogP contribution in [-0.2, 0) is 0 Å². The molecule has 1 N–H and O–H groups in total. The van der Waals surface area contributed by atoms with Gasteiger partial charge in [-0.2, -0.15) is 0 Å². The van der Waals surface area contributed by atoms with Crippen molar-refractivity contribution in [3.63, 3.8) is 0 Å². The Labute approximate surface area is 191 Å². The van der Waals surface area contributed by atoms with Crippen molar-refractivity contribution in [3.05, 3.63) is 83.4 Å². The summed E-state index contributed by atoms with van der Waals surface area (Å²) in [5.74, 6) is 8.43. The van der Waals surface area contributed by atoms with E-state index in [1.54, 1.807) is 4.40 Å². The molecule has 0 saturated carbocycles. The third kappa shape index (κ3) is 4.15. The fourth-order valence-corrected chi connectivity index (χ4v) is 7.01. The molecule has 1 heterocycles. The van der Waals surface area contributed by atoms with Gasteiger partial charge >= 0.3 is 191 Å². The van der Waals surface area contributed by atoms with Crippen LogP contribution in [0.4, 0.5) is 17.1 Å². The van der Waals surface area contributed by atoms with Crippen LogP contribution in [0.3, 0.4) is 0 Å². The SMILES string of the molecule is CC(C)c1c[c]([Ge]([CH3])([CH3])[CH3])cc(C(C)C)c1N1c2ccccc2NC1c1ccccc1. The van der Waals surface area contributed by atoms with E-state index in [1.807, 2.05) is 0 Å². The summed E-state index contributed by atoms with van der Waals surface area (Å²) in [5.41, 5.74) is 8.11. The number of fused-ring (bicyclic) bond motifs is 1. The Kier molecular flexibility index (Phi) is 5.95. The van der Waals surface area contributed by atoms with Crippen molar-refractivity contribution < 1.29 is 0 Å². The fraction of sp³-hybridized carbons (Fsp3) is 0.357. The zero-order valence-electron chi connectivity index (χ0n) is 20.0. The predicted octanol–water partition coefficient (Wildman–Crippen LogP) is 7.74. The van der Waals surface area contributed by atoms with Crippen LogP contribution in [0.5, 0.6) is 0 Å². The molecule has 1 aliphatic heterocycles. The van der Waals surface area contributed by atoms with Crippen LogP contribution >= 0.6 is 0 Å². The molecule has 0 saturated heterocycles. The molecule has 0 fully saturated rings. The predicted molar refractivity (Wildman–Crippen MR) is 139 cm³/mol. The zero-order valence-corrected chi connectivity index (χ0v) is 22.1. The van der Waals surface area contributed by atoms with E-state index in [9.17, 15) is 0 Å². The third-order valence-electron chi connectivity index (χ3n) is 6.35. The number of nitrogens with zero attached hydrogens (tertiary/aromatic N) is 1. The van der Waals surface area contributed by atoms with Gasteiger partial charge in [0.05, 0.1) is 0 Å². The van der Waals surface area contributed by atoms with Crippen molar-refractivity contribution in [2.45, 2.75) is 63.0 Å². The zero-order chi connectivity index (χ0) is 22.3. The molecule has 0 aromatic heterocycles. The summed E-state index contributed by atoms with van der Waals surface area (Å²) in [6.45, 7) is 9.37. The normalized spacial score (nSPS) is 16.0. The van der Waals surface area contributed by atoms with Gasteiger partial charge in [0.2, 0.25) is 0 Å². The number of para-hydroxylation sites is 2. The summed E-state index contributed by atoms with van der Waals surface area (Å²) >= 11 is -1.98. The molecule has 3 heteroatoms. The second kappa shape index (κ2) is 8.39. The molecule has 2 nitrogen and oxygen atoms in total. The van der Waals surface area contributed by atoms with Crippen molar-refractivity contribution in [2.24, 2.45) is 0 Å². The first-order valence-electron chi connectivity index (χ1n) is 11.6. The van der Waals surface area contributed by atoms with Gasteiger partial charge in [0, 0.05) is 0 Å². The van der Waals surface area contributed by atoms with Crippen LogP contribution in [0, 0.1) is 0 Å². The van der Waals surface area contributed by atoms with Gasteiger partial charge < -0.3 is 0 Å². The second-order valence-electron chi connectivity index (χ2n) is 10.4. The van der Waals surface area contributed by atoms with E-state index in [1.165, 1.54) is 33.8 Å². The second-order valence-corrected chi connectivity index (χ2v) is 21.1. The Morgan fingerprint density at radius 1 is 0.774 bits per heavy atom. The fourth-order valence-electron chi connectivity index (χ4n) is 4.55.